The van der Waals surface area contributed by atoms with Crippen molar-refractivity contribution in [3.63, 3.8) is 0 Å². The number of carbonyl (C=O) groups is 1. The average molecular weight is 552 g/mol. The highest BCUT2D eigenvalue weighted by Gasteiger charge is 2.52. The Morgan fingerprint density at radius 1 is 1.08 bits per heavy atom. The highest BCUT2D eigenvalue weighted by atomic mass is 35.5. The molecule has 0 bridgehead atoms. The van der Waals surface area contributed by atoms with Crippen molar-refractivity contribution < 1.29 is 13.2 Å². The summed E-state index contributed by atoms with van der Waals surface area (Å²) in [6.07, 6.45) is 2.29. The third-order valence-electron chi connectivity index (χ3n) is 7.17. The molecule has 1 saturated heterocycles. The molecule has 4 atom stereocenters. The number of piperidine rings is 1. The summed E-state index contributed by atoms with van der Waals surface area (Å²) in [5.41, 5.74) is 7.40. The Hall–Kier alpha value is -1.86. The normalized spacial score (nSPS) is 23.8. The van der Waals surface area contributed by atoms with Gasteiger partial charge in [0.05, 0.1) is 22.6 Å². The van der Waals surface area contributed by atoms with Crippen molar-refractivity contribution in [3.05, 3.63) is 82.4 Å². The van der Waals surface area contributed by atoms with Gasteiger partial charge in [-0.25, -0.2) is 8.42 Å². The summed E-state index contributed by atoms with van der Waals surface area (Å²) in [5, 5.41) is 0.599. The first-order valence-electron chi connectivity index (χ1n) is 12.3. The largest absolute Gasteiger partial charge is 0.329 e. The van der Waals surface area contributed by atoms with E-state index in [0.29, 0.717) is 16.5 Å². The fourth-order valence-electron chi connectivity index (χ4n) is 5.07. The van der Waals surface area contributed by atoms with E-state index in [1.54, 1.807) is 43.0 Å². The standard InChI is InChI=1S/C28H36Cl2N2O3S/c1-6-14-28(31)16-24(21-8-7-9-23(30)15-21)26(20-10-12-22(29)13-11-20)32(27(28)33)25(18(2)3)17-36(34,35)19(4)5/h6-13,15,18-19,24-26H,1,14,16-17,31H2,2-5H3. The number of amides is 1. The third kappa shape index (κ3) is 5.99. The van der Waals surface area contributed by atoms with Gasteiger partial charge in [-0.2, -0.15) is 0 Å². The Labute approximate surface area is 225 Å². The van der Waals surface area contributed by atoms with E-state index >= 15 is 0 Å². The first-order valence-corrected chi connectivity index (χ1v) is 14.7. The molecule has 1 aliphatic heterocycles. The number of nitrogens with zero attached hydrogens (tertiary/aromatic N) is 1. The van der Waals surface area contributed by atoms with Crippen molar-refractivity contribution in [2.45, 2.75) is 69.3 Å². The molecule has 0 aliphatic carbocycles. The van der Waals surface area contributed by atoms with E-state index in [9.17, 15) is 13.2 Å². The Kier molecular flexibility index (Phi) is 8.98. The van der Waals surface area contributed by atoms with Crippen LogP contribution in [0.25, 0.3) is 0 Å². The van der Waals surface area contributed by atoms with Crippen LogP contribution in [-0.4, -0.2) is 41.8 Å². The van der Waals surface area contributed by atoms with E-state index in [2.05, 4.69) is 6.58 Å². The van der Waals surface area contributed by atoms with Crippen molar-refractivity contribution in [1.29, 1.82) is 0 Å². The number of hydrogen-bond acceptors (Lipinski definition) is 4. The first-order chi connectivity index (χ1) is 16.8. The number of hydrogen-bond donors (Lipinski definition) is 1. The lowest BCUT2D eigenvalue weighted by Gasteiger charge is -2.52. The zero-order chi connectivity index (χ0) is 26.8. The number of nitrogens with two attached hydrogens (primary N) is 1. The summed E-state index contributed by atoms with van der Waals surface area (Å²) in [6, 6.07) is 13.9. The van der Waals surface area contributed by atoms with Gasteiger partial charge in [-0.3, -0.25) is 4.79 Å². The molecule has 1 fully saturated rings. The van der Waals surface area contributed by atoms with Crippen LogP contribution in [0.5, 0.6) is 0 Å². The molecule has 2 N–H and O–H groups in total. The third-order valence-corrected chi connectivity index (χ3v) is 9.90. The quantitative estimate of drug-likeness (QED) is 0.378. The summed E-state index contributed by atoms with van der Waals surface area (Å²) < 4.78 is 26.3. The molecule has 196 valence electrons. The molecule has 4 unspecified atom stereocenters. The van der Waals surface area contributed by atoms with Crippen molar-refractivity contribution in [2.24, 2.45) is 11.7 Å². The molecule has 1 heterocycles. The maximum Gasteiger partial charge on any atom is 0.243 e. The van der Waals surface area contributed by atoms with Crippen LogP contribution >= 0.6 is 23.2 Å². The van der Waals surface area contributed by atoms with Crippen LogP contribution in [0, 0.1) is 5.92 Å². The van der Waals surface area contributed by atoms with Crippen LogP contribution in [-0.2, 0) is 14.6 Å². The van der Waals surface area contributed by atoms with Gasteiger partial charge < -0.3 is 10.6 Å². The van der Waals surface area contributed by atoms with Crippen molar-refractivity contribution >= 4 is 38.9 Å². The van der Waals surface area contributed by atoms with Crippen LogP contribution in [0.1, 0.15) is 63.6 Å². The Morgan fingerprint density at radius 2 is 1.72 bits per heavy atom. The predicted octanol–water partition coefficient (Wildman–Crippen LogP) is 6.17. The zero-order valence-corrected chi connectivity index (χ0v) is 23.7. The smallest absolute Gasteiger partial charge is 0.243 e. The van der Waals surface area contributed by atoms with Gasteiger partial charge in [0.15, 0.2) is 9.84 Å². The molecular weight excluding hydrogens is 515 g/mol. The number of benzene rings is 2. The fourth-order valence-corrected chi connectivity index (χ4v) is 6.80. The molecule has 8 heteroatoms. The summed E-state index contributed by atoms with van der Waals surface area (Å²) in [5.74, 6) is -0.776. The van der Waals surface area contributed by atoms with E-state index in [-0.39, 0.29) is 29.9 Å². The van der Waals surface area contributed by atoms with Gasteiger partial charge in [-0.05, 0) is 68.0 Å². The number of sulfone groups is 1. The van der Waals surface area contributed by atoms with Crippen LogP contribution in [0.2, 0.25) is 10.0 Å². The van der Waals surface area contributed by atoms with E-state index in [4.69, 9.17) is 28.9 Å². The molecule has 0 aromatic heterocycles. The molecule has 36 heavy (non-hydrogen) atoms. The highest BCUT2D eigenvalue weighted by molar-refractivity contribution is 7.92. The lowest BCUT2D eigenvalue weighted by Crippen LogP contribution is -2.65. The Balaban J connectivity index is 2.29. The van der Waals surface area contributed by atoms with Gasteiger partial charge in [-0.15, -0.1) is 6.58 Å². The molecule has 1 amide bonds. The van der Waals surface area contributed by atoms with E-state index in [0.717, 1.165) is 11.1 Å². The minimum Gasteiger partial charge on any atom is -0.329 e. The summed E-state index contributed by atoms with van der Waals surface area (Å²) in [7, 11) is -3.46. The molecule has 3 rings (SSSR count). The molecule has 2 aromatic rings. The zero-order valence-electron chi connectivity index (χ0n) is 21.3. The van der Waals surface area contributed by atoms with E-state index in [1.807, 2.05) is 44.2 Å². The highest BCUT2D eigenvalue weighted by Crippen LogP contribution is 2.49. The van der Waals surface area contributed by atoms with Crippen LogP contribution in [0.3, 0.4) is 0 Å². The molecule has 0 spiro atoms. The minimum absolute atomic E-state index is 0.136. The summed E-state index contributed by atoms with van der Waals surface area (Å²) in [6.45, 7) is 11.1. The van der Waals surface area contributed by atoms with E-state index in [1.165, 1.54) is 0 Å². The number of rotatable bonds is 9. The topological polar surface area (TPSA) is 80.5 Å². The van der Waals surface area contributed by atoms with Gasteiger partial charge >= 0.3 is 0 Å². The predicted molar refractivity (Wildman–Crippen MR) is 149 cm³/mol. The fraction of sp³-hybridized carbons (Fsp3) is 0.464. The lowest BCUT2D eigenvalue weighted by atomic mass is 9.70. The second-order valence-corrected chi connectivity index (χ2v) is 13.9. The second-order valence-electron chi connectivity index (χ2n) is 10.4. The maximum absolute atomic E-state index is 14.2. The van der Waals surface area contributed by atoms with E-state index < -0.39 is 32.7 Å². The number of likely N-dealkylation sites (tertiary alicyclic amines) is 1. The second kappa shape index (κ2) is 11.3. The van der Waals surface area contributed by atoms with Crippen molar-refractivity contribution in [1.82, 2.24) is 4.90 Å². The van der Waals surface area contributed by atoms with Gasteiger partial charge in [0, 0.05) is 22.0 Å². The Bertz CT molecular complexity index is 1200. The van der Waals surface area contributed by atoms with Crippen molar-refractivity contribution in [3.8, 4) is 0 Å². The minimum atomic E-state index is -3.46. The van der Waals surface area contributed by atoms with Crippen molar-refractivity contribution in [2.75, 3.05) is 5.75 Å². The molecule has 5 nitrogen and oxygen atoms in total. The summed E-state index contributed by atoms with van der Waals surface area (Å²) >= 11 is 12.6. The van der Waals surface area contributed by atoms with Crippen LogP contribution < -0.4 is 5.73 Å². The van der Waals surface area contributed by atoms with Crippen LogP contribution in [0.4, 0.5) is 0 Å². The molecule has 1 aliphatic rings. The maximum atomic E-state index is 14.2. The van der Waals surface area contributed by atoms with Gasteiger partial charge in [0.1, 0.15) is 0 Å². The lowest BCUT2D eigenvalue weighted by molar-refractivity contribution is -0.149. The van der Waals surface area contributed by atoms with Gasteiger partial charge in [0.25, 0.3) is 0 Å². The number of halogens is 2. The summed E-state index contributed by atoms with van der Waals surface area (Å²) in [4.78, 5) is 16.0. The Morgan fingerprint density at radius 3 is 2.25 bits per heavy atom. The molecule has 2 aromatic carbocycles. The molecule has 0 radical (unpaired) electrons. The van der Waals surface area contributed by atoms with Gasteiger partial charge in [-0.1, -0.05) is 67.4 Å². The number of carbonyl (C=O) groups excluding carboxylic acids is 1. The van der Waals surface area contributed by atoms with Crippen LogP contribution in [0.15, 0.2) is 61.2 Å². The SMILES string of the molecule is C=CCC1(N)CC(c2cccc(Cl)c2)C(c2ccc(Cl)cc2)N(C(CS(=O)(=O)C(C)C)C(C)C)C1=O. The average Bonchev–Trinajstić information content (AvgIpc) is 2.80. The van der Waals surface area contributed by atoms with Gasteiger partial charge in [0.2, 0.25) is 5.91 Å². The molecule has 0 saturated carbocycles. The molecular formula is C28H36Cl2N2O3S. The first kappa shape index (κ1) is 28.7. The monoisotopic (exact) mass is 550 g/mol.